The third-order valence-corrected chi connectivity index (χ3v) is 2.57. The van der Waals surface area contributed by atoms with Gasteiger partial charge in [0.1, 0.15) is 12.3 Å². The molecule has 0 aliphatic carbocycles. The van der Waals surface area contributed by atoms with Crippen LogP contribution in [0, 0.1) is 6.92 Å². The summed E-state index contributed by atoms with van der Waals surface area (Å²) in [6.45, 7) is 1.62. The molecule has 1 amide bonds. The molecular formula is C12H14F3NO2. The summed E-state index contributed by atoms with van der Waals surface area (Å²) in [6.07, 6.45) is -4.43. The SMILES string of the molecule is CCN(CC(F)(F)F)C(=O)c1cccc(O)c1C. The fourth-order valence-electron chi connectivity index (χ4n) is 1.57. The molecule has 0 radical (unpaired) electrons. The van der Waals surface area contributed by atoms with Crippen molar-refractivity contribution in [2.45, 2.75) is 20.0 Å². The standard InChI is InChI=1S/C12H14F3NO2/c1-3-16(7-12(13,14)15)11(18)9-5-4-6-10(17)8(9)2/h4-6,17H,3,7H2,1-2H3. The zero-order chi connectivity index (χ0) is 13.9. The number of halogens is 3. The van der Waals surface area contributed by atoms with E-state index < -0.39 is 18.6 Å². The highest BCUT2D eigenvalue weighted by Crippen LogP contribution is 2.23. The van der Waals surface area contributed by atoms with E-state index >= 15 is 0 Å². The van der Waals surface area contributed by atoms with Crippen molar-refractivity contribution in [3.63, 3.8) is 0 Å². The maximum absolute atomic E-state index is 12.3. The van der Waals surface area contributed by atoms with Crippen LogP contribution in [0.25, 0.3) is 0 Å². The number of phenolic OH excluding ortho intramolecular Hbond substituents is 1. The number of carbonyl (C=O) groups excluding carboxylic acids is 1. The first-order chi connectivity index (χ1) is 8.26. The van der Waals surface area contributed by atoms with E-state index in [0.717, 1.165) is 0 Å². The van der Waals surface area contributed by atoms with Crippen LogP contribution in [0.4, 0.5) is 13.2 Å². The summed E-state index contributed by atoms with van der Waals surface area (Å²) >= 11 is 0. The normalized spacial score (nSPS) is 11.4. The zero-order valence-electron chi connectivity index (χ0n) is 10.1. The third-order valence-electron chi connectivity index (χ3n) is 2.57. The van der Waals surface area contributed by atoms with Gasteiger partial charge in [-0.25, -0.2) is 0 Å². The van der Waals surface area contributed by atoms with Crippen LogP contribution in [0.3, 0.4) is 0 Å². The Morgan fingerprint density at radius 3 is 2.50 bits per heavy atom. The summed E-state index contributed by atoms with van der Waals surface area (Å²) in [4.78, 5) is 12.6. The van der Waals surface area contributed by atoms with E-state index in [9.17, 15) is 23.1 Å². The Bertz CT molecular complexity index is 443. The predicted octanol–water partition coefficient (Wildman–Crippen LogP) is 2.73. The van der Waals surface area contributed by atoms with Gasteiger partial charge >= 0.3 is 6.18 Å². The largest absolute Gasteiger partial charge is 0.508 e. The van der Waals surface area contributed by atoms with Gasteiger partial charge in [-0.05, 0) is 26.0 Å². The van der Waals surface area contributed by atoms with Crippen molar-refractivity contribution in [3.8, 4) is 5.75 Å². The Morgan fingerprint density at radius 1 is 1.39 bits per heavy atom. The third kappa shape index (κ3) is 3.38. The average molecular weight is 261 g/mol. The first-order valence-electron chi connectivity index (χ1n) is 5.41. The topological polar surface area (TPSA) is 40.5 Å². The van der Waals surface area contributed by atoms with E-state index in [1.165, 1.54) is 32.0 Å². The number of nitrogens with zero attached hydrogens (tertiary/aromatic N) is 1. The second-order valence-corrected chi connectivity index (χ2v) is 3.88. The fraction of sp³-hybridized carbons (Fsp3) is 0.417. The number of hydrogen-bond donors (Lipinski definition) is 1. The Hall–Kier alpha value is -1.72. The van der Waals surface area contributed by atoms with Gasteiger partial charge in [0.15, 0.2) is 0 Å². The number of carbonyl (C=O) groups is 1. The smallest absolute Gasteiger partial charge is 0.406 e. The highest BCUT2D eigenvalue weighted by Gasteiger charge is 2.33. The van der Waals surface area contributed by atoms with Crippen LogP contribution in [0.2, 0.25) is 0 Å². The summed E-state index contributed by atoms with van der Waals surface area (Å²) in [5, 5.41) is 9.44. The average Bonchev–Trinajstić information content (AvgIpc) is 2.27. The van der Waals surface area contributed by atoms with E-state index in [-0.39, 0.29) is 23.4 Å². The molecule has 0 heterocycles. The van der Waals surface area contributed by atoms with Crippen molar-refractivity contribution in [1.29, 1.82) is 0 Å². The van der Waals surface area contributed by atoms with Gasteiger partial charge in [-0.2, -0.15) is 13.2 Å². The van der Waals surface area contributed by atoms with E-state index in [2.05, 4.69) is 0 Å². The molecule has 1 rings (SSSR count). The van der Waals surface area contributed by atoms with Crippen LogP contribution in [-0.2, 0) is 0 Å². The molecule has 0 spiro atoms. The van der Waals surface area contributed by atoms with Crippen molar-refractivity contribution < 1.29 is 23.1 Å². The minimum absolute atomic E-state index is 0.0482. The lowest BCUT2D eigenvalue weighted by Crippen LogP contribution is -2.39. The molecule has 1 N–H and O–H groups in total. The number of amides is 1. The summed E-state index contributed by atoms with van der Waals surface area (Å²) < 4.78 is 36.9. The number of alkyl halides is 3. The number of phenols is 1. The maximum atomic E-state index is 12.3. The molecule has 0 unspecified atom stereocenters. The fourth-order valence-corrected chi connectivity index (χ4v) is 1.57. The molecule has 1 aromatic carbocycles. The Kier molecular flexibility index (Phi) is 4.21. The van der Waals surface area contributed by atoms with E-state index in [1.807, 2.05) is 0 Å². The van der Waals surface area contributed by atoms with Crippen LogP contribution in [0.5, 0.6) is 5.75 Å². The lowest BCUT2D eigenvalue weighted by atomic mass is 10.1. The first-order valence-corrected chi connectivity index (χ1v) is 5.41. The quantitative estimate of drug-likeness (QED) is 0.908. The van der Waals surface area contributed by atoms with Crippen LogP contribution in [-0.4, -0.2) is 35.2 Å². The van der Waals surface area contributed by atoms with Gasteiger partial charge in [-0.15, -0.1) is 0 Å². The molecule has 0 bridgehead atoms. The highest BCUT2D eigenvalue weighted by molar-refractivity contribution is 5.96. The van der Waals surface area contributed by atoms with Gasteiger partial charge in [-0.1, -0.05) is 6.07 Å². The van der Waals surface area contributed by atoms with Crippen LogP contribution >= 0.6 is 0 Å². The highest BCUT2D eigenvalue weighted by atomic mass is 19.4. The molecular weight excluding hydrogens is 247 g/mol. The van der Waals surface area contributed by atoms with Crippen molar-refractivity contribution in [2.24, 2.45) is 0 Å². The number of hydrogen-bond acceptors (Lipinski definition) is 2. The van der Waals surface area contributed by atoms with Gasteiger partial charge in [-0.3, -0.25) is 4.79 Å². The maximum Gasteiger partial charge on any atom is 0.406 e. The van der Waals surface area contributed by atoms with Crippen LogP contribution in [0.1, 0.15) is 22.8 Å². The van der Waals surface area contributed by atoms with E-state index in [4.69, 9.17) is 0 Å². The molecule has 0 fully saturated rings. The Labute approximate surface area is 103 Å². The van der Waals surface area contributed by atoms with Gasteiger partial charge in [0.25, 0.3) is 5.91 Å². The number of benzene rings is 1. The van der Waals surface area contributed by atoms with Crippen LogP contribution < -0.4 is 0 Å². The van der Waals surface area contributed by atoms with Crippen LogP contribution in [0.15, 0.2) is 18.2 Å². The second-order valence-electron chi connectivity index (χ2n) is 3.88. The van der Waals surface area contributed by atoms with Crippen molar-refractivity contribution in [2.75, 3.05) is 13.1 Å². The van der Waals surface area contributed by atoms with E-state index in [0.29, 0.717) is 4.90 Å². The molecule has 0 saturated carbocycles. The second kappa shape index (κ2) is 5.29. The summed E-state index contributed by atoms with van der Waals surface area (Å²) in [7, 11) is 0. The molecule has 0 aliphatic heterocycles. The molecule has 0 saturated heterocycles. The number of rotatable bonds is 3. The van der Waals surface area contributed by atoms with Gasteiger partial charge in [0, 0.05) is 17.7 Å². The predicted molar refractivity (Wildman–Crippen MR) is 60.5 cm³/mol. The summed E-state index contributed by atoms with van der Waals surface area (Å²) in [5.74, 6) is -0.841. The van der Waals surface area contributed by atoms with Gasteiger partial charge in [0.05, 0.1) is 0 Å². The summed E-state index contributed by atoms with van der Waals surface area (Å²) in [5.41, 5.74) is 0.365. The lowest BCUT2D eigenvalue weighted by molar-refractivity contribution is -0.140. The molecule has 3 nitrogen and oxygen atoms in total. The van der Waals surface area contributed by atoms with Crippen molar-refractivity contribution in [1.82, 2.24) is 4.90 Å². The molecule has 0 aromatic heterocycles. The minimum atomic E-state index is -4.43. The summed E-state index contributed by atoms with van der Waals surface area (Å²) in [6, 6.07) is 4.21. The minimum Gasteiger partial charge on any atom is -0.508 e. The number of aromatic hydroxyl groups is 1. The monoisotopic (exact) mass is 261 g/mol. The zero-order valence-corrected chi connectivity index (χ0v) is 10.1. The Morgan fingerprint density at radius 2 is 2.00 bits per heavy atom. The molecule has 18 heavy (non-hydrogen) atoms. The first kappa shape index (κ1) is 14.3. The lowest BCUT2D eigenvalue weighted by Gasteiger charge is -2.23. The Balaban J connectivity index is 3.01. The van der Waals surface area contributed by atoms with E-state index in [1.54, 1.807) is 0 Å². The van der Waals surface area contributed by atoms with Gasteiger partial charge in [0.2, 0.25) is 0 Å². The van der Waals surface area contributed by atoms with Gasteiger partial charge < -0.3 is 10.0 Å². The molecule has 0 aliphatic rings. The molecule has 0 atom stereocenters. The molecule has 1 aromatic rings. The molecule has 100 valence electrons. The van der Waals surface area contributed by atoms with Crippen molar-refractivity contribution in [3.05, 3.63) is 29.3 Å². The molecule has 6 heteroatoms. The van der Waals surface area contributed by atoms with Crippen molar-refractivity contribution >= 4 is 5.91 Å².